The van der Waals surface area contributed by atoms with Crippen molar-refractivity contribution in [2.75, 3.05) is 19.8 Å². The van der Waals surface area contributed by atoms with E-state index in [-0.39, 0.29) is 12.1 Å². The number of nitrogens with zero attached hydrogens (tertiary/aromatic N) is 4. The van der Waals surface area contributed by atoms with Crippen LogP contribution in [-0.2, 0) is 11.3 Å². The van der Waals surface area contributed by atoms with Crippen molar-refractivity contribution in [2.45, 2.75) is 32.9 Å². The normalized spacial score (nSPS) is 18.2. The zero-order chi connectivity index (χ0) is 16.9. The number of pyridine rings is 1. The first kappa shape index (κ1) is 16.4. The molecular weight excluding hydrogens is 306 g/mol. The molecule has 0 aliphatic carbocycles. The lowest BCUT2D eigenvalue weighted by Crippen LogP contribution is -2.45. The van der Waals surface area contributed by atoms with Gasteiger partial charge in [-0.2, -0.15) is 0 Å². The minimum absolute atomic E-state index is 0.0532. The Morgan fingerprint density at radius 3 is 2.96 bits per heavy atom. The van der Waals surface area contributed by atoms with Crippen molar-refractivity contribution in [3.05, 3.63) is 42.1 Å². The maximum absolute atomic E-state index is 12.4. The predicted octanol–water partition coefficient (Wildman–Crippen LogP) is 1.90. The molecule has 3 heterocycles. The second-order valence-corrected chi connectivity index (χ2v) is 5.97. The average molecular weight is 329 g/mol. The van der Waals surface area contributed by atoms with Gasteiger partial charge in [-0.3, -0.25) is 4.57 Å². The van der Waals surface area contributed by atoms with Gasteiger partial charge in [0.1, 0.15) is 11.6 Å². The molecule has 3 rings (SSSR count). The molecule has 1 atom stereocenters. The second kappa shape index (κ2) is 7.44. The fourth-order valence-electron chi connectivity index (χ4n) is 2.76. The molecule has 1 saturated heterocycles. The predicted molar refractivity (Wildman–Crippen MR) is 89.9 cm³/mol. The van der Waals surface area contributed by atoms with E-state index >= 15 is 0 Å². The van der Waals surface area contributed by atoms with Gasteiger partial charge in [-0.05, 0) is 31.9 Å². The Bertz CT molecular complexity index is 683. The smallest absolute Gasteiger partial charge is 0.317 e. The Hall–Kier alpha value is -2.41. The third kappa shape index (κ3) is 3.73. The summed E-state index contributed by atoms with van der Waals surface area (Å²) in [5.41, 5.74) is 0.962. The van der Waals surface area contributed by atoms with Crippen molar-refractivity contribution >= 4 is 6.03 Å². The van der Waals surface area contributed by atoms with Gasteiger partial charge in [-0.1, -0.05) is 6.07 Å². The first-order valence-corrected chi connectivity index (χ1v) is 8.22. The number of rotatable bonds is 3. The van der Waals surface area contributed by atoms with E-state index in [9.17, 15) is 4.79 Å². The van der Waals surface area contributed by atoms with Crippen molar-refractivity contribution in [2.24, 2.45) is 0 Å². The minimum atomic E-state index is -0.0532. The summed E-state index contributed by atoms with van der Waals surface area (Å²) in [5, 5.41) is 2.96. The lowest BCUT2D eigenvalue weighted by atomic mass is 10.2. The van der Waals surface area contributed by atoms with Crippen molar-refractivity contribution in [3.63, 3.8) is 0 Å². The van der Waals surface area contributed by atoms with E-state index in [0.717, 1.165) is 23.6 Å². The molecule has 24 heavy (non-hydrogen) atoms. The Morgan fingerprint density at radius 1 is 1.38 bits per heavy atom. The Balaban J connectivity index is 1.58. The van der Waals surface area contributed by atoms with Gasteiger partial charge in [-0.15, -0.1) is 0 Å². The zero-order valence-corrected chi connectivity index (χ0v) is 14.1. The third-order valence-electron chi connectivity index (χ3n) is 4.27. The highest BCUT2D eigenvalue weighted by Gasteiger charge is 2.21. The first-order valence-electron chi connectivity index (χ1n) is 8.22. The lowest BCUT2D eigenvalue weighted by molar-refractivity contribution is 0.142. The fourth-order valence-corrected chi connectivity index (χ4v) is 2.76. The molecule has 1 fully saturated rings. The van der Waals surface area contributed by atoms with Gasteiger partial charge in [0, 0.05) is 44.3 Å². The number of ether oxygens (including phenoxy) is 1. The summed E-state index contributed by atoms with van der Waals surface area (Å²) < 4.78 is 7.35. The highest BCUT2D eigenvalue weighted by atomic mass is 16.5. The molecule has 0 aromatic carbocycles. The quantitative estimate of drug-likeness (QED) is 0.933. The molecule has 2 amide bonds. The van der Waals surface area contributed by atoms with E-state index in [2.05, 4.69) is 22.2 Å². The fraction of sp³-hybridized carbons (Fsp3) is 0.471. The van der Waals surface area contributed by atoms with Crippen LogP contribution in [0, 0.1) is 6.92 Å². The molecule has 128 valence electrons. The van der Waals surface area contributed by atoms with Crippen LogP contribution in [0.3, 0.4) is 0 Å². The molecule has 0 saturated carbocycles. The van der Waals surface area contributed by atoms with Gasteiger partial charge in [0.2, 0.25) is 0 Å². The maximum Gasteiger partial charge on any atom is 0.317 e. The number of aryl methyl sites for hydroxylation is 1. The molecule has 2 aromatic heterocycles. The average Bonchev–Trinajstić information content (AvgIpc) is 2.90. The monoisotopic (exact) mass is 329 g/mol. The Morgan fingerprint density at radius 2 is 2.25 bits per heavy atom. The van der Waals surface area contributed by atoms with Crippen molar-refractivity contribution < 1.29 is 9.53 Å². The highest BCUT2D eigenvalue weighted by molar-refractivity contribution is 5.74. The highest BCUT2D eigenvalue weighted by Crippen LogP contribution is 2.10. The van der Waals surface area contributed by atoms with E-state index < -0.39 is 0 Å². The largest absolute Gasteiger partial charge is 0.380 e. The van der Waals surface area contributed by atoms with Gasteiger partial charge in [0.25, 0.3) is 0 Å². The topological polar surface area (TPSA) is 72.3 Å². The van der Waals surface area contributed by atoms with Gasteiger partial charge < -0.3 is 15.0 Å². The van der Waals surface area contributed by atoms with Crippen LogP contribution in [0.2, 0.25) is 0 Å². The van der Waals surface area contributed by atoms with Crippen molar-refractivity contribution in [3.8, 4) is 5.82 Å². The van der Waals surface area contributed by atoms with E-state index in [1.807, 2.05) is 34.7 Å². The molecular formula is C17H23N5O2. The summed E-state index contributed by atoms with van der Waals surface area (Å²) in [6.45, 7) is 6.38. The standard InChI is InChI=1S/C17H23N5O2/c1-13-5-9-24-10-8-21(13)17(23)20-12-15-3-4-16(19-11-15)22-7-6-18-14(22)2/h3-4,6-7,11,13H,5,8-10,12H2,1-2H3,(H,20,23). The SMILES string of the molecule is Cc1nccn1-c1ccc(CNC(=O)N2CCOCCC2C)cn1. The van der Waals surface area contributed by atoms with E-state index in [4.69, 9.17) is 4.74 Å². The number of carbonyl (C=O) groups excluding carboxylic acids is 1. The molecule has 0 radical (unpaired) electrons. The van der Waals surface area contributed by atoms with Gasteiger partial charge in [0.05, 0.1) is 6.61 Å². The van der Waals surface area contributed by atoms with E-state index in [1.54, 1.807) is 12.4 Å². The van der Waals surface area contributed by atoms with Gasteiger partial charge in [-0.25, -0.2) is 14.8 Å². The summed E-state index contributed by atoms with van der Waals surface area (Å²) in [7, 11) is 0. The van der Waals surface area contributed by atoms with E-state index in [0.29, 0.717) is 26.3 Å². The Labute approximate surface area is 141 Å². The number of amides is 2. The number of nitrogens with one attached hydrogen (secondary N) is 1. The number of urea groups is 1. The molecule has 1 aliphatic heterocycles. The molecule has 2 aromatic rings. The third-order valence-corrected chi connectivity index (χ3v) is 4.27. The number of hydrogen-bond acceptors (Lipinski definition) is 4. The van der Waals surface area contributed by atoms with Crippen LogP contribution in [0.5, 0.6) is 0 Å². The lowest BCUT2D eigenvalue weighted by Gasteiger charge is -2.26. The molecule has 1 N–H and O–H groups in total. The zero-order valence-electron chi connectivity index (χ0n) is 14.1. The van der Waals surface area contributed by atoms with Crippen LogP contribution in [0.25, 0.3) is 5.82 Å². The van der Waals surface area contributed by atoms with Crippen LogP contribution in [0.4, 0.5) is 4.79 Å². The Kier molecular flexibility index (Phi) is 5.10. The van der Waals surface area contributed by atoms with Crippen LogP contribution in [0.15, 0.2) is 30.7 Å². The minimum Gasteiger partial charge on any atom is -0.380 e. The number of carbonyl (C=O) groups is 1. The number of aromatic nitrogens is 3. The van der Waals surface area contributed by atoms with Gasteiger partial charge >= 0.3 is 6.03 Å². The molecule has 1 unspecified atom stereocenters. The second-order valence-electron chi connectivity index (χ2n) is 5.97. The summed E-state index contributed by atoms with van der Waals surface area (Å²) in [5.74, 6) is 1.71. The van der Waals surface area contributed by atoms with E-state index in [1.165, 1.54) is 0 Å². The van der Waals surface area contributed by atoms with Crippen LogP contribution < -0.4 is 5.32 Å². The summed E-state index contributed by atoms with van der Waals surface area (Å²) in [6, 6.07) is 4.04. The number of imidazole rings is 1. The molecule has 0 bridgehead atoms. The van der Waals surface area contributed by atoms with Crippen LogP contribution in [-0.4, -0.2) is 51.3 Å². The molecule has 7 heteroatoms. The summed E-state index contributed by atoms with van der Waals surface area (Å²) in [4.78, 5) is 22.8. The molecule has 7 nitrogen and oxygen atoms in total. The summed E-state index contributed by atoms with van der Waals surface area (Å²) >= 11 is 0. The maximum atomic E-state index is 12.4. The first-order chi connectivity index (χ1) is 11.6. The molecule has 0 spiro atoms. The van der Waals surface area contributed by atoms with Crippen LogP contribution in [0.1, 0.15) is 24.7 Å². The number of hydrogen-bond donors (Lipinski definition) is 1. The van der Waals surface area contributed by atoms with Crippen molar-refractivity contribution in [1.29, 1.82) is 0 Å². The van der Waals surface area contributed by atoms with Crippen molar-refractivity contribution in [1.82, 2.24) is 24.8 Å². The van der Waals surface area contributed by atoms with Crippen LogP contribution >= 0.6 is 0 Å². The summed E-state index contributed by atoms with van der Waals surface area (Å²) in [6.07, 6.45) is 6.27. The van der Waals surface area contributed by atoms with Gasteiger partial charge in [0.15, 0.2) is 0 Å². The molecule has 1 aliphatic rings.